The van der Waals surface area contributed by atoms with Crippen molar-refractivity contribution >= 4 is 0 Å². The maximum Gasteiger partial charge on any atom is -0.0244 e. The topological polar surface area (TPSA) is 0 Å². The molecular formula is C13H16. The summed E-state index contributed by atoms with van der Waals surface area (Å²) in [7, 11) is 0. The number of benzene rings is 1. The fourth-order valence-electron chi connectivity index (χ4n) is 1.31. The summed E-state index contributed by atoms with van der Waals surface area (Å²) in [6.45, 7) is 5.76. The van der Waals surface area contributed by atoms with Gasteiger partial charge in [0.2, 0.25) is 0 Å². The smallest absolute Gasteiger partial charge is 0.0244 e. The Morgan fingerprint density at radius 3 is 2.92 bits per heavy atom. The Labute approximate surface area is 80.6 Å². The molecule has 1 aromatic carbocycles. The lowest BCUT2D eigenvalue weighted by Crippen LogP contribution is -1.83. The first kappa shape index (κ1) is 9.79. The van der Waals surface area contributed by atoms with Crippen molar-refractivity contribution in [3.63, 3.8) is 0 Å². The predicted octanol–water partition coefficient (Wildman–Crippen LogP) is 3.67. The van der Waals surface area contributed by atoms with Crippen LogP contribution in [0.15, 0.2) is 49.1 Å². The predicted molar refractivity (Wildman–Crippen MR) is 58.8 cm³/mol. The molecule has 0 aromatic heterocycles. The van der Waals surface area contributed by atoms with E-state index in [0.29, 0.717) is 0 Å². The first-order chi connectivity index (χ1) is 6.33. The zero-order chi connectivity index (χ0) is 9.52. The van der Waals surface area contributed by atoms with Crippen molar-refractivity contribution in [1.82, 2.24) is 0 Å². The summed E-state index contributed by atoms with van der Waals surface area (Å²) in [4.78, 5) is 0. The van der Waals surface area contributed by atoms with Crippen molar-refractivity contribution < 1.29 is 0 Å². The molecule has 0 heterocycles. The van der Waals surface area contributed by atoms with Gasteiger partial charge >= 0.3 is 0 Å². The van der Waals surface area contributed by atoms with Gasteiger partial charge in [0, 0.05) is 0 Å². The molecule has 0 nitrogen and oxygen atoms in total. The highest BCUT2D eigenvalue weighted by atomic mass is 14.0. The molecule has 1 aromatic rings. The Balaban J connectivity index is 2.45. The molecule has 1 rings (SSSR count). The maximum absolute atomic E-state index is 3.63. The molecule has 0 unspecified atom stereocenters. The number of rotatable bonds is 4. The van der Waals surface area contributed by atoms with Crippen LogP contribution in [-0.2, 0) is 6.42 Å². The highest BCUT2D eigenvalue weighted by Gasteiger charge is 1.90. The fraction of sp³-hybridized carbons (Fsp3) is 0.231. The molecule has 0 radical (unpaired) electrons. The van der Waals surface area contributed by atoms with E-state index in [4.69, 9.17) is 0 Å². The quantitative estimate of drug-likeness (QED) is 0.608. The average molecular weight is 172 g/mol. The van der Waals surface area contributed by atoms with Gasteiger partial charge < -0.3 is 0 Å². The summed E-state index contributed by atoms with van der Waals surface area (Å²) in [6.07, 6.45) is 8.17. The van der Waals surface area contributed by atoms with Gasteiger partial charge in [0.05, 0.1) is 0 Å². The molecule has 0 atom stereocenters. The molecule has 68 valence electrons. The largest absolute Gasteiger partial charge is 0.0991 e. The minimum absolute atomic E-state index is 1.09. The first-order valence-electron chi connectivity index (χ1n) is 4.66. The highest BCUT2D eigenvalue weighted by Crippen LogP contribution is 2.06. The van der Waals surface area contributed by atoms with Crippen LogP contribution in [0.3, 0.4) is 0 Å². The Hall–Kier alpha value is -1.30. The average Bonchev–Trinajstić information content (AvgIpc) is 2.13. The van der Waals surface area contributed by atoms with Crippen molar-refractivity contribution in [2.75, 3.05) is 0 Å². The number of hydrogen-bond donors (Lipinski definition) is 0. The van der Waals surface area contributed by atoms with E-state index in [9.17, 15) is 0 Å². The molecule has 0 aliphatic rings. The molecular weight excluding hydrogens is 156 g/mol. The molecule has 0 saturated heterocycles. The standard InChI is InChI=1S/C13H16/c1-3-4-5-6-9-13-10-7-8-12(2)11-13/h3-5,7-8,10-11H,1,6,9H2,2H3. The molecule has 0 heteroatoms. The van der Waals surface area contributed by atoms with Crippen LogP contribution in [0.25, 0.3) is 0 Å². The van der Waals surface area contributed by atoms with Crippen LogP contribution in [-0.4, -0.2) is 0 Å². The lowest BCUT2D eigenvalue weighted by atomic mass is 10.1. The summed E-state index contributed by atoms with van der Waals surface area (Å²) in [6, 6.07) is 8.65. The monoisotopic (exact) mass is 172 g/mol. The molecule has 0 saturated carbocycles. The Morgan fingerprint density at radius 2 is 2.23 bits per heavy atom. The second-order valence-corrected chi connectivity index (χ2v) is 3.19. The van der Waals surface area contributed by atoms with Crippen molar-refractivity contribution in [2.45, 2.75) is 19.8 Å². The van der Waals surface area contributed by atoms with Crippen molar-refractivity contribution in [3.8, 4) is 0 Å². The zero-order valence-electron chi connectivity index (χ0n) is 8.16. The minimum atomic E-state index is 1.09. The SMILES string of the molecule is C=CC=CCCc1cccc(C)c1. The van der Waals surface area contributed by atoms with Crippen LogP contribution < -0.4 is 0 Å². The van der Waals surface area contributed by atoms with Crippen LogP contribution in [0.2, 0.25) is 0 Å². The number of allylic oxidation sites excluding steroid dienone is 3. The van der Waals surface area contributed by atoms with Gasteiger partial charge in [-0.2, -0.15) is 0 Å². The molecule has 0 bridgehead atoms. The fourth-order valence-corrected chi connectivity index (χ4v) is 1.31. The number of aryl methyl sites for hydroxylation is 2. The van der Waals surface area contributed by atoms with Gasteiger partial charge in [-0.15, -0.1) is 0 Å². The molecule has 0 spiro atoms. The van der Waals surface area contributed by atoms with Crippen molar-refractivity contribution in [2.24, 2.45) is 0 Å². The van der Waals surface area contributed by atoms with Crippen LogP contribution >= 0.6 is 0 Å². The third-order valence-corrected chi connectivity index (χ3v) is 1.95. The van der Waals surface area contributed by atoms with Gasteiger partial charge in [-0.3, -0.25) is 0 Å². The molecule has 13 heavy (non-hydrogen) atoms. The van der Waals surface area contributed by atoms with Gasteiger partial charge in [-0.1, -0.05) is 54.6 Å². The number of hydrogen-bond acceptors (Lipinski definition) is 0. The maximum atomic E-state index is 3.63. The second kappa shape index (κ2) is 5.36. The van der Waals surface area contributed by atoms with Gasteiger partial charge in [0.25, 0.3) is 0 Å². The summed E-state index contributed by atoms with van der Waals surface area (Å²) in [5.41, 5.74) is 2.75. The van der Waals surface area contributed by atoms with E-state index in [0.717, 1.165) is 12.8 Å². The van der Waals surface area contributed by atoms with Gasteiger partial charge in [-0.05, 0) is 25.3 Å². The van der Waals surface area contributed by atoms with E-state index in [1.807, 2.05) is 12.2 Å². The van der Waals surface area contributed by atoms with Crippen LogP contribution in [0.5, 0.6) is 0 Å². The Morgan fingerprint density at radius 1 is 1.38 bits per heavy atom. The minimum Gasteiger partial charge on any atom is -0.0991 e. The summed E-state index contributed by atoms with van der Waals surface area (Å²) >= 11 is 0. The van der Waals surface area contributed by atoms with E-state index in [1.165, 1.54) is 11.1 Å². The first-order valence-corrected chi connectivity index (χ1v) is 4.66. The van der Waals surface area contributed by atoms with E-state index in [2.05, 4.69) is 43.8 Å². The van der Waals surface area contributed by atoms with Gasteiger partial charge in [0.15, 0.2) is 0 Å². The molecule has 0 fully saturated rings. The highest BCUT2D eigenvalue weighted by molar-refractivity contribution is 5.22. The lowest BCUT2D eigenvalue weighted by molar-refractivity contribution is 0.998. The van der Waals surface area contributed by atoms with Crippen LogP contribution in [0.4, 0.5) is 0 Å². The van der Waals surface area contributed by atoms with E-state index < -0.39 is 0 Å². The van der Waals surface area contributed by atoms with E-state index in [1.54, 1.807) is 0 Å². The third kappa shape index (κ3) is 3.75. The van der Waals surface area contributed by atoms with E-state index >= 15 is 0 Å². The van der Waals surface area contributed by atoms with Gasteiger partial charge in [-0.25, -0.2) is 0 Å². The lowest BCUT2D eigenvalue weighted by Gasteiger charge is -1.98. The Bertz CT molecular complexity index is 295. The molecule has 0 N–H and O–H groups in total. The second-order valence-electron chi connectivity index (χ2n) is 3.19. The van der Waals surface area contributed by atoms with Gasteiger partial charge in [0.1, 0.15) is 0 Å². The summed E-state index contributed by atoms with van der Waals surface area (Å²) < 4.78 is 0. The summed E-state index contributed by atoms with van der Waals surface area (Å²) in [5.74, 6) is 0. The summed E-state index contributed by atoms with van der Waals surface area (Å²) in [5, 5.41) is 0. The van der Waals surface area contributed by atoms with Crippen molar-refractivity contribution in [1.29, 1.82) is 0 Å². The molecule has 0 aliphatic carbocycles. The van der Waals surface area contributed by atoms with E-state index in [-0.39, 0.29) is 0 Å². The molecule has 0 aliphatic heterocycles. The van der Waals surface area contributed by atoms with Crippen LogP contribution in [0, 0.1) is 6.92 Å². The zero-order valence-corrected chi connectivity index (χ0v) is 8.16. The molecule has 0 amide bonds. The van der Waals surface area contributed by atoms with Crippen molar-refractivity contribution in [3.05, 3.63) is 60.2 Å². The Kier molecular flexibility index (Phi) is 4.04. The van der Waals surface area contributed by atoms with Crippen LogP contribution in [0.1, 0.15) is 17.5 Å². The third-order valence-electron chi connectivity index (χ3n) is 1.95. The normalized spacial score (nSPS) is 10.5.